The van der Waals surface area contributed by atoms with Gasteiger partial charge in [-0.15, -0.1) is 0 Å². The summed E-state index contributed by atoms with van der Waals surface area (Å²) in [5.74, 6) is -2.20. The summed E-state index contributed by atoms with van der Waals surface area (Å²) >= 11 is 11.9. The van der Waals surface area contributed by atoms with Crippen LogP contribution in [0.1, 0.15) is 26.5 Å². The van der Waals surface area contributed by atoms with Gasteiger partial charge in [-0.2, -0.15) is 18.3 Å². The van der Waals surface area contributed by atoms with Gasteiger partial charge in [-0.25, -0.2) is 19.9 Å². The molecule has 0 radical (unpaired) electrons. The molecule has 0 aliphatic carbocycles. The summed E-state index contributed by atoms with van der Waals surface area (Å²) in [6.45, 7) is 0. The average Bonchev–Trinajstić information content (AvgIpc) is 3.18. The topological polar surface area (TPSA) is 144 Å². The lowest BCUT2D eigenvalue weighted by atomic mass is 10.1. The van der Waals surface area contributed by atoms with Crippen molar-refractivity contribution in [1.82, 2.24) is 25.6 Å². The van der Waals surface area contributed by atoms with Gasteiger partial charge in [0, 0.05) is 17.3 Å². The van der Waals surface area contributed by atoms with E-state index in [1.165, 1.54) is 36.5 Å². The smallest absolute Gasteiger partial charge is 0.350 e. The van der Waals surface area contributed by atoms with Gasteiger partial charge in [-0.05, 0) is 30.3 Å². The normalized spacial score (nSPS) is 11.1. The highest BCUT2D eigenvalue weighted by Crippen LogP contribution is 2.31. The van der Waals surface area contributed by atoms with E-state index in [1.54, 1.807) is 0 Å². The molecule has 0 aliphatic heterocycles. The molecule has 0 fully saturated rings. The minimum Gasteiger partial charge on any atom is -0.350 e. The van der Waals surface area contributed by atoms with E-state index in [0.717, 1.165) is 0 Å². The van der Waals surface area contributed by atoms with Crippen LogP contribution in [0.4, 0.5) is 23.7 Å². The highest BCUT2D eigenvalue weighted by Gasteiger charge is 2.36. The fourth-order valence-corrected chi connectivity index (χ4v) is 2.94. The van der Waals surface area contributed by atoms with Crippen LogP contribution in [0.2, 0.25) is 10.0 Å². The third kappa shape index (κ3) is 5.51. The van der Waals surface area contributed by atoms with Crippen molar-refractivity contribution in [3.05, 3.63) is 69.6 Å². The molecule has 0 bridgehead atoms. The second kappa shape index (κ2) is 9.34. The van der Waals surface area contributed by atoms with Crippen molar-refractivity contribution in [3.8, 4) is 5.82 Å². The predicted molar refractivity (Wildman–Crippen MR) is 111 cm³/mol. The molecule has 3 aromatic rings. The molecule has 2 heterocycles. The Labute approximate surface area is 192 Å². The fraction of sp³-hybridized carbons (Fsp3) is 0.0556. The van der Waals surface area contributed by atoms with E-state index in [1.807, 2.05) is 10.9 Å². The molecule has 0 atom stereocenters. The minimum atomic E-state index is -4.87. The Bertz CT molecular complexity index is 1250. The zero-order valence-corrected chi connectivity index (χ0v) is 17.6. The first kappa shape index (κ1) is 23.8. The SMILES string of the molecule is NC(=O)NNC(=O)c1ccc(Cl)cc1NC(=O)c1cc(C(F)(F)F)nn1-c1ncccc1Cl. The number of hydrazine groups is 1. The zero-order chi connectivity index (χ0) is 24.3. The number of pyridine rings is 1. The van der Waals surface area contributed by atoms with Crippen molar-refractivity contribution >= 4 is 46.7 Å². The second-order valence-corrected chi connectivity index (χ2v) is 7.06. The lowest BCUT2D eigenvalue weighted by Gasteiger charge is -2.13. The summed E-state index contributed by atoms with van der Waals surface area (Å²) in [5, 5.41) is 5.75. The number of amides is 4. The molecule has 2 aromatic heterocycles. The van der Waals surface area contributed by atoms with Crippen LogP contribution in [0.15, 0.2) is 42.6 Å². The third-order valence-corrected chi connectivity index (χ3v) is 4.48. The van der Waals surface area contributed by atoms with Gasteiger partial charge < -0.3 is 11.1 Å². The monoisotopic (exact) mass is 501 g/mol. The Morgan fingerprint density at radius 1 is 1.03 bits per heavy atom. The van der Waals surface area contributed by atoms with E-state index < -0.39 is 35.4 Å². The van der Waals surface area contributed by atoms with E-state index in [9.17, 15) is 27.6 Å². The second-order valence-electron chi connectivity index (χ2n) is 6.22. The summed E-state index contributed by atoms with van der Waals surface area (Å²) in [6.07, 6.45) is -3.62. The molecule has 4 amide bonds. The molecule has 33 heavy (non-hydrogen) atoms. The van der Waals surface area contributed by atoms with E-state index in [2.05, 4.69) is 15.4 Å². The van der Waals surface area contributed by atoms with Gasteiger partial charge in [0.25, 0.3) is 11.8 Å². The lowest BCUT2D eigenvalue weighted by molar-refractivity contribution is -0.141. The molecule has 3 rings (SSSR count). The van der Waals surface area contributed by atoms with Gasteiger partial charge in [0.15, 0.2) is 11.5 Å². The first-order chi connectivity index (χ1) is 15.5. The summed E-state index contributed by atoms with van der Waals surface area (Å²) in [5.41, 5.74) is 6.43. The predicted octanol–water partition coefficient (Wildman–Crippen LogP) is 3.16. The average molecular weight is 502 g/mol. The molecule has 172 valence electrons. The number of primary amides is 1. The number of hydrogen-bond acceptors (Lipinski definition) is 5. The number of carbonyl (C=O) groups excluding carboxylic acids is 3. The van der Waals surface area contributed by atoms with Crippen LogP contribution in [0, 0.1) is 0 Å². The van der Waals surface area contributed by atoms with Gasteiger partial charge in [0.1, 0.15) is 5.69 Å². The van der Waals surface area contributed by atoms with Gasteiger partial charge in [-0.1, -0.05) is 23.2 Å². The summed E-state index contributed by atoms with van der Waals surface area (Å²) in [6, 6.07) is 5.94. The van der Waals surface area contributed by atoms with Crippen LogP contribution in [-0.2, 0) is 6.18 Å². The first-order valence-corrected chi connectivity index (χ1v) is 9.48. The summed E-state index contributed by atoms with van der Waals surface area (Å²) in [4.78, 5) is 39.9. The highest BCUT2D eigenvalue weighted by atomic mass is 35.5. The van der Waals surface area contributed by atoms with Gasteiger partial charge >= 0.3 is 12.2 Å². The Kier molecular flexibility index (Phi) is 6.74. The van der Waals surface area contributed by atoms with Crippen molar-refractivity contribution in [2.75, 3.05) is 5.32 Å². The fourth-order valence-electron chi connectivity index (χ4n) is 2.57. The number of aromatic nitrogens is 3. The molecule has 10 nitrogen and oxygen atoms in total. The molecule has 0 aliphatic rings. The van der Waals surface area contributed by atoms with Crippen molar-refractivity contribution in [3.63, 3.8) is 0 Å². The Balaban J connectivity index is 2.03. The zero-order valence-electron chi connectivity index (χ0n) is 16.1. The number of halogens is 5. The number of hydrogen-bond donors (Lipinski definition) is 4. The minimum absolute atomic E-state index is 0.0660. The van der Waals surface area contributed by atoms with E-state index in [-0.39, 0.29) is 27.1 Å². The number of alkyl halides is 3. The van der Waals surface area contributed by atoms with Crippen LogP contribution >= 0.6 is 23.2 Å². The maximum Gasteiger partial charge on any atom is 0.435 e. The number of rotatable bonds is 4. The lowest BCUT2D eigenvalue weighted by Crippen LogP contribution is -2.44. The molecule has 0 saturated heterocycles. The molecule has 0 spiro atoms. The maximum absolute atomic E-state index is 13.3. The quantitative estimate of drug-likeness (QED) is 0.406. The first-order valence-electron chi connectivity index (χ1n) is 8.72. The van der Waals surface area contributed by atoms with Gasteiger partial charge in [-0.3, -0.25) is 15.0 Å². The van der Waals surface area contributed by atoms with Crippen LogP contribution in [0.5, 0.6) is 0 Å². The third-order valence-electron chi connectivity index (χ3n) is 3.95. The standard InChI is InChI=1S/C18H12Cl2F3N7O3/c19-8-3-4-9(15(31)27-28-17(24)33)11(6-8)26-16(32)12-7-13(18(21,22)23)29-30(12)14-10(20)2-1-5-25-14/h1-7H,(H,26,32)(H,27,31)(H3,24,28,33). The molecule has 0 saturated carbocycles. The van der Waals surface area contributed by atoms with Gasteiger partial charge in [0.05, 0.1) is 16.3 Å². The Morgan fingerprint density at radius 2 is 1.76 bits per heavy atom. The maximum atomic E-state index is 13.3. The van der Waals surface area contributed by atoms with E-state index in [0.29, 0.717) is 10.7 Å². The Hall–Kier alpha value is -3.84. The number of nitrogens with two attached hydrogens (primary N) is 1. The van der Waals surface area contributed by atoms with Crippen LogP contribution in [0.3, 0.4) is 0 Å². The number of nitrogens with one attached hydrogen (secondary N) is 3. The number of carbonyl (C=O) groups is 3. The molecule has 1 aromatic carbocycles. The van der Waals surface area contributed by atoms with Crippen molar-refractivity contribution in [2.45, 2.75) is 6.18 Å². The summed E-state index contributed by atoms with van der Waals surface area (Å²) in [7, 11) is 0. The molecular formula is C18H12Cl2F3N7O3. The molecular weight excluding hydrogens is 490 g/mol. The van der Waals surface area contributed by atoms with Crippen molar-refractivity contribution in [1.29, 1.82) is 0 Å². The number of anilines is 1. The van der Waals surface area contributed by atoms with Crippen molar-refractivity contribution < 1.29 is 27.6 Å². The molecule has 0 unspecified atom stereocenters. The number of urea groups is 1. The Morgan fingerprint density at radius 3 is 2.39 bits per heavy atom. The largest absolute Gasteiger partial charge is 0.435 e. The molecule has 5 N–H and O–H groups in total. The van der Waals surface area contributed by atoms with E-state index >= 15 is 0 Å². The summed E-state index contributed by atoms with van der Waals surface area (Å²) < 4.78 is 40.5. The van der Waals surface area contributed by atoms with Crippen LogP contribution < -0.4 is 21.9 Å². The van der Waals surface area contributed by atoms with E-state index in [4.69, 9.17) is 28.9 Å². The number of benzene rings is 1. The van der Waals surface area contributed by atoms with Crippen molar-refractivity contribution in [2.24, 2.45) is 5.73 Å². The van der Waals surface area contributed by atoms with Gasteiger partial charge in [0.2, 0.25) is 0 Å². The number of nitrogens with zero attached hydrogens (tertiary/aromatic N) is 3. The molecule has 15 heteroatoms. The highest BCUT2D eigenvalue weighted by molar-refractivity contribution is 6.32. The van der Waals surface area contributed by atoms with Crippen LogP contribution in [-0.4, -0.2) is 32.6 Å². The van der Waals surface area contributed by atoms with Crippen LogP contribution in [0.25, 0.3) is 5.82 Å².